The first-order valence-electron chi connectivity index (χ1n) is 11.1. The van der Waals surface area contributed by atoms with Crippen LogP contribution in [0.4, 0.5) is 10.5 Å². The highest BCUT2D eigenvalue weighted by atomic mass is 16.7. The molecule has 0 amide bonds. The SMILES string of the molecule is COC(=O)C(OC(=O)Oc1cc(C(C)(C)C)c(O)cc1C(C)(C)C)c1cc2c(cc1[N+](=O)[O-])OCO2. The molecule has 0 bridgehead atoms. The Kier molecular flexibility index (Phi) is 7.06. The number of phenols is 1. The van der Waals surface area contributed by atoms with Crippen LogP contribution in [0.25, 0.3) is 0 Å². The maximum Gasteiger partial charge on any atom is 0.515 e. The molecule has 11 nitrogen and oxygen atoms in total. The minimum atomic E-state index is -1.82. The fraction of sp³-hybridized carbons (Fsp3) is 0.440. The number of hydrogen-bond acceptors (Lipinski definition) is 10. The van der Waals surface area contributed by atoms with Crippen LogP contribution in [-0.4, -0.2) is 36.1 Å². The molecule has 1 aliphatic rings. The Hall–Kier alpha value is -4.02. The van der Waals surface area contributed by atoms with Crippen LogP contribution in [0.3, 0.4) is 0 Å². The van der Waals surface area contributed by atoms with E-state index in [4.69, 9.17) is 23.7 Å². The average Bonchev–Trinajstić information content (AvgIpc) is 3.23. The van der Waals surface area contributed by atoms with Gasteiger partial charge in [-0.1, -0.05) is 41.5 Å². The van der Waals surface area contributed by atoms with E-state index in [0.29, 0.717) is 11.1 Å². The smallest absolute Gasteiger partial charge is 0.508 e. The lowest BCUT2D eigenvalue weighted by Crippen LogP contribution is -2.25. The number of hydrogen-bond donors (Lipinski definition) is 1. The predicted octanol–water partition coefficient (Wildman–Crippen LogP) is 5.05. The van der Waals surface area contributed by atoms with Crippen molar-refractivity contribution in [3.63, 3.8) is 0 Å². The predicted molar refractivity (Wildman–Crippen MR) is 127 cm³/mol. The number of esters is 1. The monoisotopic (exact) mass is 503 g/mol. The van der Waals surface area contributed by atoms with E-state index in [2.05, 4.69) is 0 Å². The number of phenolic OH excluding ortho intramolecular Hbond substituents is 1. The van der Waals surface area contributed by atoms with Crippen LogP contribution < -0.4 is 14.2 Å². The summed E-state index contributed by atoms with van der Waals surface area (Å²) in [4.78, 5) is 36.4. The highest BCUT2D eigenvalue weighted by molar-refractivity contribution is 5.81. The molecule has 0 radical (unpaired) electrons. The van der Waals surface area contributed by atoms with E-state index in [1.807, 2.05) is 41.5 Å². The van der Waals surface area contributed by atoms with Gasteiger partial charge in [-0.15, -0.1) is 0 Å². The lowest BCUT2D eigenvalue weighted by atomic mass is 9.81. The topological polar surface area (TPSA) is 144 Å². The first kappa shape index (κ1) is 26.6. The highest BCUT2D eigenvalue weighted by Crippen LogP contribution is 2.43. The minimum absolute atomic E-state index is 0.0385. The molecule has 1 aliphatic heterocycles. The molecule has 194 valence electrons. The summed E-state index contributed by atoms with van der Waals surface area (Å²) >= 11 is 0. The Morgan fingerprint density at radius 2 is 1.58 bits per heavy atom. The summed E-state index contributed by atoms with van der Waals surface area (Å²) in [7, 11) is 1.05. The van der Waals surface area contributed by atoms with Crippen molar-refractivity contribution < 1.29 is 43.3 Å². The molecule has 2 aromatic carbocycles. The number of nitro groups is 1. The first-order valence-corrected chi connectivity index (χ1v) is 11.1. The second kappa shape index (κ2) is 9.56. The third kappa shape index (κ3) is 5.45. The van der Waals surface area contributed by atoms with Crippen molar-refractivity contribution >= 4 is 17.8 Å². The van der Waals surface area contributed by atoms with E-state index in [9.17, 15) is 24.8 Å². The van der Waals surface area contributed by atoms with Gasteiger partial charge in [0.05, 0.1) is 23.7 Å². The summed E-state index contributed by atoms with van der Waals surface area (Å²) in [6.07, 6.45) is -3.12. The summed E-state index contributed by atoms with van der Waals surface area (Å²) in [5, 5.41) is 22.3. The van der Waals surface area contributed by atoms with Gasteiger partial charge in [-0.3, -0.25) is 10.1 Å². The van der Waals surface area contributed by atoms with Crippen molar-refractivity contribution in [1.29, 1.82) is 0 Å². The van der Waals surface area contributed by atoms with E-state index < -0.39 is 39.7 Å². The van der Waals surface area contributed by atoms with Crippen molar-refractivity contribution in [2.45, 2.75) is 58.5 Å². The standard InChI is InChI=1S/C25H29NO10/c1-24(2,3)14-10-18(15(9-17(14)27)25(4,5)6)35-23(29)36-21(22(28)32-7)13-8-19-20(34-12-33-19)11-16(13)26(30)31/h8-11,21,27H,12H2,1-7H3. The first-order chi connectivity index (χ1) is 16.6. The van der Waals surface area contributed by atoms with Gasteiger partial charge < -0.3 is 28.8 Å². The quantitative estimate of drug-likeness (QED) is 0.255. The van der Waals surface area contributed by atoms with Crippen LogP contribution in [0.5, 0.6) is 23.0 Å². The third-order valence-electron chi connectivity index (χ3n) is 5.54. The number of rotatable bonds is 5. The Labute approximate surface area is 208 Å². The molecule has 1 atom stereocenters. The van der Waals surface area contributed by atoms with Gasteiger partial charge in [0.1, 0.15) is 11.5 Å². The zero-order chi connectivity index (χ0) is 27.0. The molecule has 0 saturated heterocycles. The lowest BCUT2D eigenvalue weighted by Gasteiger charge is -2.27. The van der Waals surface area contributed by atoms with Gasteiger partial charge in [0.2, 0.25) is 12.9 Å². The summed E-state index contributed by atoms with van der Waals surface area (Å²) in [5.41, 5.74) is -0.795. The number of carbonyl (C=O) groups excluding carboxylic acids is 2. The number of nitro benzene ring substituents is 1. The summed E-state index contributed by atoms with van der Waals surface area (Å²) in [6.45, 7) is 11.1. The van der Waals surface area contributed by atoms with E-state index in [1.54, 1.807) is 0 Å². The van der Waals surface area contributed by atoms with E-state index in [1.165, 1.54) is 18.2 Å². The van der Waals surface area contributed by atoms with E-state index >= 15 is 0 Å². The molecule has 0 fully saturated rings. The maximum atomic E-state index is 12.9. The largest absolute Gasteiger partial charge is 0.515 e. The van der Waals surface area contributed by atoms with Gasteiger partial charge in [-0.25, -0.2) is 9.59 Å². The van der Waals surface area contributed by atoms with Crippen LogP contribution in [0.15, 0.2) is 24.3 Å². The number of methoxy groups -OCH3 is 1. The highest BCUT2D eigenvalue weighted by Gasteiger charge is 2.37. The Morgan fingerprint density at radius 3 is 2.11 bits per heavy atom. The van der Waals surface area contributed by atoms with Gasteiger partial charge in [0.15, 0.2) is 11.5 Å². The number of fused-ring (bicyclic) bond motifs is 1. The fourth-order valence-electron chi connectivity index (χ4n) is 3.71. The zero-order valence-electron chi connectivity index (χ0n) is 21.2. The molecule has 36 heavy (non-hydrogen) atoms. The molecule has 11 heteroatoms. The molecule has 0 aliphatic carbocycles. The second-order valence-corrected chi connectivity index (χ2v) is 10.3. The van der Waals surface area contributed by atoms with Crippen molar-refractivity contribution in [3.05, 3.63) is 51.1 Å². The lowest BCUT2D eigenvalue weighted by molar-refractivity contribution is -0.386. The van der Waals surface area contributed by atoms with Gasteiger partial charge in [-0.05, 0) is 29.0 Å². The summed E-state index contributed by atoms with van der Waals surface area (Å²) in [6, 6.07) is 5.32. The molecule has 1 N–H and O–H groups in total. The third-order valence-corrected chi connectivity index (χ3v) is 5.54. The number of nitrogens with zero attached hydrogens (tertiary/aromatic N) is 1. The number of carbonyl (C=O) groups is 2. The van der Waals surface area contributed by atoms with Gasteiger partial charge in [0.25, 0.3) is 5.69 Å². The van der Waals surface area contributed by atoms with Gasteiger partial charge in [0, 0.05) is 11.1 Å². The Morgan fingerprint density at radius 1 is 1.00 bits per heavy atom. The average molecular weight is 504 g/mol. The normalized spacial score (nSPS) is 13.6. The van der Waals surface area contributed by atoms with Gasteiger partial charge in [-0.2, -0.15) is 0 Å². The van der Waals surface area contributed by atoms with Crippen LogP contribution in [-0.2, 0) is 25.1 Å². The maximum absolute atomic E-state index is 12.9. The number of ether oxygens (including phenoxy) is 5. The summed E-state index contributed by atoms with van der Waals surface area (Å²) < 4.78 is 25.9. The van der Waals surface area contributed by atoms with Crippen LogP contribution >= 0.6 is 0 Å². The van der Waals surface area contributed by atoms with Crippen molar-refractivity contribution in [1.82, 2.24) is 0 Å². The number of aromatic hydroxyl groups is 1. The number of benzene rings is 2. The molecule has 1 heterocycles. The van der Waals surface area contributed by atoms with Crippen LogP contribution in [0, 0.1) is 10.1 Å². The van der Waals surface area contributed by atoms with E-state index in [-0.39, 0.29) is 35.4 Å². The molecular weight excluding hydrogens is 474 g/mol. The zero-order valence-corrected chi connectivity index (χ0v) is 21.2. The van der Waals surface area contributed by atoms with Crippen molar-refractivity contribution in [2.75, 3.05) is 13.9 Å². The summed E-state index contributed by atoms with van der Waals surface area (Å²) in [5.74, 6) is -0.656. The molecule has 0 saturated carbocycles. The molecule has 0 spiro atoms. The molecule has 0 aromatic heterocycles. The molecule has 1 unspecified atom stereocenters. The fourth-order valence-corrected chi connectivity index (χ4v) is 3.71. The molecular formula is C25H29NO10. The van der Waals surface area contributed by atoms with Crippen molar-refractivity contribution in [3.8, 4) is 23.0 Å². The molecule has 3 rings (SSSR count). The minimum Gasteiger partial charge on any atom is -0.508 e. The Balaban J connectivity index is 2.02. The van der Waals surface area contributed by atoms with Crippen LogP contribution in [0.1, 0.15) is 64.3 Å². The van der Waals surface area contributed by atoms with Gasteiger partial charge >= 0.3 is 12.1 Å². The Bertz CT molecular complexity index is 1210. The van der Waals surface area contributed by atoms with Crippen LogP contribution in [0.2, 0.25) is 0 Å². The second-order valence-electron chi connectivity index (χ2n) is 10.3. The van der Waals surface area contributed by atoms with Crippen molar-refractivity contribution in [2.24, 2.45) is 0 Å². The van der Waals surface area contributed by atoms with E-state index in [0.717, 1.165) is 13.2 Å². The molecule has 2 aromatic rings.